The Morgan fingerprint density at radius 1 is 1.50 bits per heavy atom. The highest BCUT2D eigenvalue weighted by atomic mass is 16.4. The van der Waals surface area contributed by atoms with Crippen LogP contribution in [0.2, 0.25) is 0 Å². The van der Waals surface area contributed by atoms with Crippen LogP contribution >= 0.6 is 0 Å². The molecule has 20 heavy (non-hydrogen) atoms. The minimum Gasteiger partial charge on any atom is -0.481 e. The summed E-state index contributed by atoms with van der Waals surface area (Å²) in [5, 5.41) is 18.4. The number of aliphatic carboxylic acids is 1. The molecule has 2 unspecified atom stereocenters. The largest absolute Gasteiger partial charge is 0.481 e. The quantitative estimate of drug-likeness (QED) is 0.892. The van der Waals surface area contributed by atoms with Gasteiger partial charge >= 0.3 is 5.97 Å². The number of hydrogen-bond acceptors (Lipinski definition) is 3. The minimum absolute atomic E-state index is 0.0545. The lowest BCUT2D eigenvalue weighted by molar-refractivity contribution is -0.145. The van der Waals surface area contributed by atoms with E-state index in [-0.39, 0.29) is 5.91 Å². The van der Waals surface area contributed by atoms with Gasteiger partial charge in [-0.25, -0.2) is 0 Å². The van der Waals surface area contributed by atoms with Crippen molar-refractivity contribution in [2.24, 2.45) is 5.92 Å². The Morgan fingerprint density at radius 3 is 2.90 bits per heavy atom. The molecule has 104 valence electrons. The molecule has 2 rings (SSSR count). The van der Waals surface area contributed by atoms with E-state index in [2.05, 4.69) is 0 Å². The summed E-state index contributed by atoms with van der Waals surface area (Å²) in [6, 6.07) is 8.34. The molecule has 0 spiro atoms. The monoisotopic (exact) mass is 272 g/mol. The molecular weight excluding hydrogens is 256 g/mol. The molecule has 1 aromatic rings. The molecular formula is C15H16N2O3. The van der Waals surface area contributed by atoms with Gasteiger partial charge in [-0.05, 0) is 30.5 Å². The molecule has 0 saturated carbocycles. The van der Waals surface area contributed by atoms with Crippen LogP contribution in [0.5, 0.6) is 0 Å². The molecule has 1 aliphatic heterocycles. The van der Waals surface area contributed by atoms with E-state index in [9.17, 15) is 14.7 Å². The van der Waals surface area contributed by atoms with E-state index >= 15 is 0 Å². The third-order valence-corrected chi connectivity index (χ3v) is 3.77. The predicted molar refractivity (Wildman–Crippen MR) is 71.6 cm³/mol. The lowest BCUT2D eigenvalue weighted by atomic mass is 9.89. The maximum Gasteiger partial charge on any atom is 0.308 e. The summed E-state index contributed by atoms with van der Waals surface area (Å²) in [5.41, 5.74) is 1.17. The molecule has 1 fully saturated rings. The third kappa shape index (κ3) is 2.64. The number of likely N-dealkylation sites (tertiary alicyclic amines) is 1. The number of rotatable bonds is 2. The molecule has 1 amide bonds. The molecule has 2 atom stereocenters. The van der Waals surface area contributed by atoms with Gasteiger partial charge in [-0.15, -0.1) is 0 Å². The molecule has 0 bridgehead atoms. The van der Waals surface area contributed by atoms with Gasteiger partial charge in [-0.2, -0.15) is 5.26 Å². The number of carbonyl (C=O) groups is 2. The van der Waals surface area contributed by atoms with E-state index < -0.39 is 17.9 Å². The highest BCUT2D eigenvalue weighted by molar-refractivity contribution is 5.79. The van der Waals surface area contributed by atoms with E-state index in [1.165, 1.54) is 4.90 Å². The van der Waals surface area contributed by atoms with Crippen molar-refractivity contribution >= 4 is 11.9 Å². The van der Waals surface area contributed by atoms with Crippen molar-refractivity contribution in [3.63, 3.8) is 0 Å². The fourth-order valence-corrected chi connectivity index (χ4v) is 2.74. The van der Waals surface area contributed by atoms with Crippen LogP contribution < -0.4 is 0 Å². The molecule has 0 radical (unpaired) electrons. The molecule has 5 nitrogen and oxygen atoms in total. The maximum atomic E-state index is 12.0. The molecule has 0 aliphatic carbocycles. The second kappa shape index (κ2) is 5.74. The first kappa shape index (κ1) is 14.1. The van der Waals surface area contributed by atoms with Gasteiger partial charge < -0.3 is 10.0 Å². The first-order valence-corrected chi connectivity index (χ1v) is 6.53. The van der Waals surface area contributed by atoms with Gasteiger partial charge in [0.2, 0.25) is 5.91 Å². The lowest BCUT2D eigenvalue weighted by Crippen LogP contribution is -2.36. The molecule has 1 aliphatic rings. The zero-order chi connectivity index (χ0) is 14.7. The summed E-state index contributed by atoms with van der Waals surface area (Å²) in [7, 11) is 1.63. The number of amides is 1. The number of hydrogen-bond donors (Lipinski definition) is 1. The van der Waals surface area contributed by atoms with Gasteiger partial charge in [0.15, 0.2) is 0 Å². The summed E-state index contributed by atoms with van der Waals surface area (Å²) in [6.07, 6.45) is 1.41. The van der Waals surface area contributed by atoms with Crippen molar-refractivity contribution in [2.75, 3.05) is 7.05 Å². The zero-order valence-corrected chi connectivity index (χ0v) is 11.2. The van der Waals surface area contributed by atoms with Crippen LogP contribution in [0.3, 0.4) is 0 Å². The molecule has 1 aromatic carbocycles. The van der Waals surface area contributed by atoms with E-state index in [4.69, 9.17) is 5.26 Å². The molecule has 1 N–H and O–H groups in total. The van der Waals surface area contributed by atoms with Crippen LogP contribution in [0.1, 0.15) is 36.4 Å². The third-order valence-electron chi connectivity index (χ3n) is 3.77. The summed E-state index contributed by atoms with van der Waals surface area (Å²) >= 11 is 0. The van der Waals surface area contributed by atoms with Crippen LogP contribution in [-0.4, -0.2) is 28.9 Å². The Bertz CT molecular complexity index is 577. The zero-order valence-electron chi connectivity index (χ0n) is 11.2. The van der Waals surface area contributed by atoms with Gasteiger partial charge in [-0.3, -0.25) is 9.59 Å². The van der Waals surface area contributed by atoms with Gasteiger partial charge in [0.25, 0.3) is 0 Å². The highest BCUT2D eigenvalue weighted by Crippen LogP contribution is 2.35. The summed E-state index contributed by atoms with van der Waals surface area (Å²) in [5.74, 6) is -1.60. The Labute approximate surface area is 117 Å². The number of benzene rings is 1. The van der Waals surface area contributed by atoms with Crippen molar-refractivity contribution in [2.45, 2.75) is 25.3 Å². The van der Waals surface area contributed by atoms with Crippen LogP contribution in [0.4, 0.5) is 0 Å². The molecule has 5 heteroatoms. The smallest absolute Gasteiger partial charge is 0.308 e. The second-order valence-electron chi connectivity index (χ2n) is 5.02. The van der Waals surface area contributed by atoms with Crippen molar-refractivity contribution in [1.29, 1.82) is 5.26 Å². The summed E-state index contributed by atoms with van der Waals surface area (Å²) in [6.45, 7) is 0. The summed E-state index contributed by atoms with van der Waals surface area (Å²) in [4.78, 5) is 25.0. The number of carbonyl (C=O) groups excluding carboxylic acids is 1. The Kier molecular flexibility index (Phi) is 4.04. The minimum atomic E-state index is -0.904. The number of carboxylic acids is 1. The van der Waals surface area contributed by atoms with Gasteiger partial charge in [0.1, 0.15) is 0 Å². The van der Waals surface area contributed by atoms with Crippen LogP contribution in [-0.2, 0) is 9.59 Å². The van der Waals surface area contributed by atoms with Crippen LogP contribution in [0.25, 0.3) is 0 Å². The van der Waals surface area contributed by atoms with Crippen molar-refractivity contribution in [3.05, 3.63) is 35.4 Å². The van der Waals surface area contributed by atoms with Gasteiger partial charge in [0.05, 0.1) is 23.6 Å². The van der Waals surface area contributed by atoms with E-state index in [1.807, 2.05) is 6.07 Å². The van der Waals surface area contributed by atoms with Gasteiger partial charge in [-0.1, -0.05) is 12.1 Å². The predicted octanol–water partition coefficient (Wildman–Crippen LogP) is 1.94. The summed E-state index contributed by atoms with van der Waals surface area (Å²) < 4.78 is 0. The van der Waals surface area contributed by atoms with Crippen molar-refractivity contribution < 1.29 is 14.7 Å². The normalized spacial score (nSPS) is 23.0. The van der Waals surface area contributed by atoms with Crippen LogP contribution in [0.15, 0.2) is 24.3 Å². The molecule has 0 aromatic heterocycles. The fraction of sp³-hybridized carbons (Fsp3) is 0.400. The standard InChI is InChI=1S/C15H16N2O3/c1-17-13(18)7-3-6-12(15(19)20)14(17)11-5-2-4-10(8-11)9-16/h2,4-5,8,12,14H,3,6-7H2,1H3,(H,19,20). The van der Waals surface area contributed by atoms with Crippen molar-refractivity contribution in [3.8, 4) is 6.07 Å². The molecule has 1 heterocycles. The maximum absolute atomic E-state index is 12.0. The fourth-order valence-electron chi connectivity index (χ4n) is 2.74. The first-order valence-electron chi connectivity index (χ1n) is 6.53. The van der Waals surface area contributed by atoms with Crippen LogP contribution in [0, 0.1) is 17.2 Å². The van der Waals surface area contributed by atoms with E-state index in [1.54, 1.807) is 31.3 Å². The van der Waals surface area contributed by atoms with E-state index in [0.29, 0.717) is 30.4 Å². The SMILES string of the molecule is CN1C(=O)CCCC(C(=O)O)C1c1cccc(C#N)c1. The first-order chi connectivity index (χ1) is 9.54. The number of carboxylic acid groups (broad SMARTS) is 1. The Balaban J connectivity index is 2.47. The highest BCUT2D eigenvalue weighted by Gasteiger charge is 2.36. The topological polar surface area (TPSA) is 81.4 Å². The van der Waals surface area contributed by atoms with Gasteiger partial charge in [0, 0.05) is 13.5 Å². The average Bonchev–Trinajstić information content (AvgIpc) is 2.59. The molecule has 1 saturated heterocycles. The van der Waals surface area contributed by atoms with Crippen molar-refractivity contribution in [1.82, 2.24) is 4.90 Å². The second-order valence-corrected chi connectivity index (χ2v) is 5.02. The number of nitrogens with zero attached hydrogens (tertiary/aromatic N) is 2. The lowest BCUT2D eigenvalue weighted by Gasteiger charge is -2.30. The Hall–Kier alpha value is -2.35. The number of nitriles is 1. The Morgan fingerprint density at radius 2 is 2.25 bits per heavy atom. The van der Waals surface area contributed by atoms with E-state index in [0.717, 1.165) is 0 Å². The average molecular weight is 272 g/mol.